The van der Waals surface area contributed by atoms with Crippen LogP contribution in [0.4, 0.5) is 5.69 Å². The van der Waals surface area contributed by atoms with Crippen LogP contribution in [0.25, 0.3) is 6.08 Å². The Morgan fingerprint density at radius 3 is 2.59 bits per heavy atom. The number of carbonyl (C=O) groups excluding carboxylic acids is 2. The number of nitriles is 1. The summed E-state index contributed by atoms with van der Waals surface area (Å²) < 4.78 is 16.2. The normalized spacial score (nSPS) is 13.5. The maximum Gasteiger partial charge on any atom is 0.337 e. The Morgan fingerprint density at radius 1 is 1.18 bits per heavy atom. The molecule has 176 valence electrons. The standard InChI is InChI=1S/C24H23N3O7/c1-32-21-13-16(6-7-20(21)34-15-22(28)27-8-10-33-11-9-27)12-17(14-25)23(29)26-19-5-3-2-4-18(19)24(30)31/h2-7,12-13H,8-11,15H2,1H3,(H,26,29)(H,30,31)/b17-12+. The zero-order valence-corrected chi connectivity index (χ0v) is 18.4. The number of carboxylic acid groups (broad SMARTS) is 1. The van der Waals surface area contributed by atoms with Crippen LogP contribution in [0.15, 0.2) is 48.0 Å². The highest BCUT2D eigenvalue weighted by Crippen LogP contribution is 2.29. The van der Waals surface area contributed by atoms with Crippen molar-refractivity contribution in [1.29, 1.82) is 5.26 Å². The van der Waals surface area contributed by atoms with Crippen molar-refractivity contribution in [2.75, 3.05) is 45.3 Å². The van der Waals surface area contributed by atoms with Gasteiger partial charge in [-0.05, 0) is 35.9 Å². The molecule has 0 aliphatic carbocycles. The van der Waals surface area contributed by atoms with Crippen molar-refractivity contribution in [3.63, 3.8) is 0 Å². The van der Waals surface area contributed by atoms with E-state index in [9.17, 15) is 24.8 Å². The Hall–Kier alpha value is -4.36. The van der Waals surface area contributed by atoms with Crippen LogP contribution in [0.3, 0.4) is 0 Å². The fraction of sp³-hybridized carbons (Fsp3) is 0.250. The van der Waals surface area contributed by atoms with E-state index in [1.807, 2.05) is 6.07 Å². The van der Waals surface area contributed by atoms with Gasteiger partial charge in [0.05, 0.1) is 31.6 Å². The third-order valence-corrected chi connectivity index (χ3v) is 4.98. The lowest BCUT2D eigenvalue weighted by Gasteiger charge is -2.26. The number of amides is 2. The smallest absolute Gasteiger partial charge is 0.337 e. The van der Waals surface area contributed by atoms with Crippen LogP contribution in [-0.2, 0) is 14.3 Å². The van der Waals surface area contributed by atoms with Gasteiger partial charge in [0.1, 0.15) is 11.6 Å². The van der Waals surface area contributed by atoms with Gasteiger partial charge in [0.25, 0.3) is 11.8 Å². The number of hydrogen-bond donors (Lipinski definition) is 2. The van der Waals surface area contributed by atoms with Crippen LogP contribution in [0.2, 0.25) is 0 Å². The molecule has 2 amide bonds. The van der Waals surface area contributed by atoms with E-state index >= 15 is 0 Å². The van der Waals surface area contributed by atoms with E-state index in [2.05, 4.69) is 5.32 Å². The Balaban J connectivity index is 1.72. The highest BCUT2D eigenvalue weighted by molar-refractivity contribution is 6.11. The van der Waals surface area contributed by atoms with Crippen LogP contribution in [0, 0.1) is 11.3 Å². The minimum atomic E-state index is -1.20. The first-order valence-electron chi connectivity index (χ1n) is 10.3. The van der Waals surface area contributed by atoms with Crippen LogP contribution in [0.1, 0.15) is 15.9 Å². The Labute approximate surface area is 195 Å². The SMILES string of the molecule is COc1cc(/C=C(\C#N)C(=O)Nc2ccccc2C(=O)O)ccc1OCC(=O)N1CCOCC1. The minimum Gasteiger partial charge on any atom is -0.493 e. The van der Waals surface area contributed by atoms with Gasteiger partial charge in [0, 0.05) is 13.1 Å². The summed E-state index contributed by atoms with van der Waals surface area (Å²) in [5, 5.41) is 21.2. The number of aromatic carboxylic acids is 1. The molecule has 2 N–H and O–H groups in total. The zero-order chi connectivity index (χ0) is 24.5. The average Bonchev–Trinajstić information content (AvgIpc) is 2.86. The second-order valence-electron chi connectivity index (χ2n) is 7.17. The van der Waals surface area contributed by atoms with Gasteiger partial charge in [-0.15, -0.1) is 0 Å². The monoisotopic (exact) mass is 465 g/mol. The summed E-state index contributed by atoms with van der Waals surface area (Å²) >= 11 is 0. The highest BCUT2D eigenvalue weighted by atomic mass is 16.5. The van der Waals surface area contributed by atoms with Gasteiger partial charge in [-0.3, -0.25) is 9.59 Å². The predicted octanol–water partition coefficient (Wildman–Crippen LogP) is 2.18. The van der Waals surface area contributed by atoms with Crippen molar-refractivity contribution in [2.24, 2.45) is 0 Å². The van der Waals surface area contributed by atoms with Crippen molar-refractivity contribution in [3.05, 3.63) is 59.2 Å². The lowest BCUT2D eigenvalue weighted by Crippen LogP contribution is -2.43. The number of carbonyl (C=O) groups is 3. The molecule has 2 aromatic rings. The maximum absolute atomic E-state index is 12.6. The van der Waals surface area contributed by atoms with E-state index in [4.69, 9.17) is 14.2 Å². The molecule has 10 heteroatoms. The molecule has 0 unspecified atom stereocenters. The molecule has 0 atom stereocenters. The number of ether oxygens (including phenoxy) is 3. The fourth-order valence-electron chi connectivity index (χ4n) is 3.22. The molecule has 0 saturated carbocycles. The average molecular weight is 465 g/mol. The Bertz CT molecular complexity index is 1150. The Kier molecular flexibility index (Phi) is 8.21. The van der Waals surface area contributed by atoms with Crippen molar-refractivity contribution in [1.82, 2.24) is 4.90 Å². The molecule has 34 heavy (non-hydrogen) atoms. The van der Waals surface area contributed by atoms with Gasteiger partial charge in [-0.2, -0.15) is 5.26 Å². The van der Waals surface area contributed by atoms with Crippen molar-refractivity contribution in [3.8, 4) is 17.6 Å². The topological polar surface area (TPSA) is 138 Å². The quantitative estimate of drug-likeness (QED) is 0.447. The van der Waals surface area contributed by atoms with Crippen LogP contribution in [0.5, 0.6) is 11.5 Å². The summed E-state index contributed by atoms with van der Waals surface area (Å²) in [6.07, 6.45) is 1.34. The van der Waals surface area contributed by atoms with E-state index < -0.39 is 11.9 Å². The van der Waals surface area contributed by atoms with E-state index in [-0.39, 0.29) is 29.3 Å². The molecular formula is C24H23N3O7. The molecule has 0 aromatic heterocycles. The van der Waals surface area contributed by atoms with Gasteiger partial charge in [-0.1, -0.05) is 18.2 Å². The first kappa shape index (κ1) is 24.3. The highest BCUT2D eigenvalue weighted by Gasteiger charge is 2.19. The largest absolute Gasteiger partial charge is 0.493 e. The number of morpholine rings is 1. The number of para-hydroxylation sites is 1. The molecule has 2 aromatic carbocycles. The third kappa shape index (κ3) is 6.11. The van der Waals surface area contributed by atoms with E-state index in [1.165, 1.54) is 31.4 Å². The molecule has 3 rings (SSSR count). The van der Waals surface area contributed by atoms with E-state index in [1.54, 1.807) is 29.2 Å². The lowest BCUT2D eigenvalue weighted by atomic mass is 10.1. The first-order chi connectivity index (χ1) is 16.4. The molecule has 1 aliphatic rings. The number of anilines is 1. The van der Waals surface area contributed by atoms with Crippen molar-refractivity contribution in [2.45, 2.75) is 0 Å². The lowest BCUT2D eigenvalue weighted by molar-refractivity contribution is -0.137. The van der Waals surface area contributed by atoms with Crippen molar-refractivity contribution >= 4 is 29.5 Å². The summed E-state index contributed by atoms with van der Waals surface area (Å²) in [5.74, 6) is -1.48. The summed E-state index contributed by atoms with van der Waals surface area (Å²) in [7, 11) is 1.43. The summed E-state index contributed by atoms with van der Waals surface area (Å²) in [6, 6.07) is 12.4. The third-order valence-electron chi connectivity index (χ3n) is 4.98. The van der Waals surface area contributed by atoms with Gasteiger partial charge in [-0.25, -0.2) is 4.79 Å². The first-order valence-corrected chi connectivity index (χ1v) is 10.3. The molecule has 0 bridgehead atoms. The molecular weight excluding hydrogens is 442 g/mol. The summed E-state index contributed by atoms with van der Waals surface area (Å²) in [5.41, 5.74) is 0.218. The molecule has 1 saturated heterocycles. The number of carboxylic acids is 1. The maximum atomic E-state index is 12.6. The number of rotatable bonds is 8. The van der Waals surface area contributed by atoms with Gasteiger partial charge < -0.3 is 29.5 Å². The Morgan fingerprint density at radius 2 is 1.91 bits per heavy atom. The summed E-state index contributed by atoms with van der Waals surface area (Å²) in [4.78, 5) is 37.9. The minimum absolute atomic E-state index is 0.0763. The molecule has 0 radical (unpaired) electrons. The van der Waals surface area contributed by atoms with E-state index in [0.717, 1.165) is 0 Å². The molecule has 1 aliphatic heterocycles. The second-order valence-corrected chi connectivity index (χ2v) is 7.17. The predicted molar refractivity (Wildman–Crippen MR) is 122 cm³/mol. The molecule has 0 spiro atoms. The zero-order valence-electron chi connectivity index (χ0n) is 18.4. The fourth-order valence-corrected chi connectivity index (χ4v) is 3.22. The van der Waals surface area contributed by atoms with Crippen LogP contribution < -0.4 is 14.8 Å². The second kappa shape index (κ2) is 11.5. The number of hydrogen-bond acceptors (Lipinski definition) is 7. The number of nitrogens with zero attached hydrogens (tertiary/aromatic N) is 2. The van der Waals surface area contributed by atoms with Gasteiger partial charge >= 0.3 is 5.97 Å². The van der Waals surface area contributed by atoms with Gasteiger partial charge in [0.15, 0.2) is 18.1 Å². The van der Waals surface area contributed by atoms with Crippen LogP contribution >= 0.6 is 0 Å². The number of nitrogens with one attached hydrogen (secondary N) is 1. The molecule has 1 heterocycles. The van der Waals surface area contributed by atoms with Crippen molar-refractivity contribution < 1.29 is 33.7 Å². The van der Waals surface area contributed by atoms with Gasteiger partial charge in [0.2, 0.25) is 0 Å². The van der Waals surface area contributed by atoms with Crippen LogP contribution in [-0.4, -0.2) is 67.8 Å². The number of methoxy groups -OCH3 is 1. The molecule has 1 fully saturated rings. The number of benzene rings is 2. The van der Waals surface area contributed by atoms with E-state index in [0.29, 0.717) is 43.4 Å². The molecule has 10 nitrogen and oxygen atoms in total. The summed E-state index contributed by atoms with van der Waals surface area (Å²) in [6.45, 7) is 1.85.